The molecule has 20 heavy (non-hydrogen) atoms. The summed E-state index contributed by atoms with van der Waals surface area (Å²) in [7, 11) is 3.93. The average molecular weight is 271 g/mol. The summed E-state index contributed by atoms with van der Waals surface area (Å²) in [6.45, 7) is 4.29. The van der Waals surface area contributed by atoms with Gasteiger partial charge in [-0.05, 0) is 44.0 Å². The monoisotopic (exact) mass is 271 g/mol. The van der Waals surface area contributed by atoms with Gasteiger partial charge in [-0.1, -0.05) is 12.1 Å². The molecule has 0 radical (unpaired) electrons. The van der Waals surface area contributed by atoms with E-state index in [1.54, 1.807) is 7.11 Å². The van der Waals surface area contributed by atoms with E-state index in [0.717, 1.165) is 37.4 Å². The Bertz CT molecular complexity index is 607. The van der Waals surface area contributed by atoms with Crippen LogP contribution < -0.4 is 9.47 Å². The quantitative estimate of drug-likeness (QED) is 0.733. The predicted molar refractivity (Wildman–Crippen MR) is 78.4 cm³/mol. The van der Waals surface area contributed by atoms with Crippen LogP contribution in [0.2, 0.25) is 0 Å². The molecule has 1 aromatic carbocycles. The lowest BCUT2D eigenvalue weighted by Gasteiger charge is -2.36. The second-order valence-electron chi connectivity index (χ2n) is 6.51. The van der Waals surface area contributed by atoms with E-state index in [0.29, 0.717) is 5.92 Å². The van der Waals surface area contributed by atoms with Crippen molar-refractivity contribution in [2.24, 2.45) is 0 Å². The Morgan fingerprint density at radius 3 is 3.00 bits per heavy atom. The van der Waals surface area contributed by atoms with E-state index in [1.807, 2.05) is 0 Å². The van der Waals surface area contributed by atoms with Crippen LogP contribution in [0.3, 0.4) is 0 Å². The molecular formula is C17H21NO2. The van der Waals surface area contributed by atoms with E-state index in [9.17, 15) is 0 Å². The number of allylic oxidation sites excluding steroid dienone is 1. The molecule has 106 valence electrons. The predicted octanol–water partition coefficient (Wildman–Crippen LogP) is 3.10. The van der Waals surface area contributed by atoms with Crippen LogP contribution in [-0.2, 0) is 6.54 Å². The first-order valence-corrected chi connectivity index (χ1v) is 7.38. The Kier molecular flexibility index (Phi) is 2.46. The van der Waals surface area contributed by atoms with Crippen LogP contribution in [0.5, 0.6) is 11.5 Å². The molecule has 0 spiro atoms. The summed E-state index contributed by atoms with van der Waals surface area (Å²) in [5.74, 6) is 2.27. The molecule has 2 aliphatic heterocycles. The Labute approximate surface area is 120 Å². The number of hydrogen-bond acceptors (Lipinski definition) is 3. The van der Waals surface area contributed by atoms with E-state index in [1.165, 1.54) is 16.7 Å². The van der Waals surface area contributed by atoms with E-state index >= 15 is 0 Å². The Balaban J connectivity index is 1.99. The van der Waals surface area contributed by atoms with Crippen molar-refractivity contribution in [2.45, 2.75) is 37.8 Å². The molecule has 4 rings (SSSR count). The van der Waals surface area contributed by atoms with E-state index in [-0.39, 0.29) is 5.60 Å². The van der Waals surface area contributed by atoms with Crippen LogP contribution in [0.1, 0.15) is 36.8 Å². The van der Waals surface area contributed by atoms with Gasteiger partial charge in [0.05, 0.1) is 7.11 Å². The van der Waals surface area contributed by atoms with Gasteiger partial charge < -0.3 is 9.47 Å². The van der Waals surface area contributed by atoms with Crippen LogP contribution in [0.15, 0.2) is 23.8 Å². The molecule has 3 heteroatoms. The van der Waals surface area contributed by atoms with Crippen molar-refractivity contribution in [3.63, 3.8) is 0 Å². The average Bonchev–Trinajstić information content (AvgIpc) is 2.64. The Hall–Kier alpha value is -1.48. The normalized spacial score (nSPS) is 31.1. The molecule has 0 amide bonds. The second kappa shape index (κ2) is 4.01. The molecule has 0 saturated carbocycles. The molecular weight excluding hydrogens is 250 g/mol. The molecule has 0 bridgehead atoms. The van der Waals surface area contributed by atoms with Crippen molar-refractivity contribution in [3.8, 4) is 11.5 Å². The first-order chi connectivity index (χ1) is 9.62. The molecule has 1 aliphatic carbocycles. The van der Waals surface area contributed by atoms with Crippen molar-refractivity contribution in [1.82, 2.24) is 4.90 Å². The number of methoxy groups -OCH3 is 1. The summed E-state index contributed by atoms with van der Waals surface area (Å²) in [5, 5.41) is 0. The number of likely N-dealkylation sites (N-methyl/N-ethyl adjacent to an activating group) is 1. The minimum Gasteiger partial charge on any atom is -0.493 e. The fourth-order valence-corrected chi connectivity index (χ4v) is 4.19. The van der Waals surface area contributed by atoms with Gasteiger partial charge in [-0.2, -0.15) is 0 Å². The fraction of sp³-hybridized carbons (Fsp3) is 0.529. The van der Waals surface area contributed by atoms with E-state index in [2.05, 4.69) is 37.1 Å². The molecule has 0 aromatic heterocycles. The molecule has 2 atom stereocenters. The maximum absolute atomic E-state index is 6.42. The largest absolute Gasteiger partial charge is 0.493 e. The highest BCUT2D eigenvalue weighted by molar-refractivity contribution is 5.60. The third-order valence-electron chi connectivity index (χ3n) is 5.02. The lowest BCUT2D eigenvalue weighted by Crippen LogP contribution is -2.38. The van der Waals surface area contributed by atoms with Crippen LogP contribution in [0, 0.1) is 0 Å². The van der Waals surface area contributed by atoms with Crippen molar-refractivity contribution in [2.75, 3.05) is 20.7 Å². The van der Waals surface area contributed by atoms with Gasteiger partial charge in [0.15, 0.2) is 11.5 Å². The number of nitrogens with zero attached hydrogens (tertiary/aromatic N) is 1. The van der Waals surface area contributed by atoms with Gasteiger partial charge in [0.2, 0.25) is 0 Å². The number of ether oxygens (including phenoxy) is 2. The van der Waals surface area contributed by atoms with Gasteiger partial charge in [0, 0.05) is 24.6 Å². The SMILES string of the molecule is COc1ccc2c3c1OC1(C)CCC=C(CN(C)C2)[C@H]31. The van der Waals surface area contributed by atoms with E-state index < -0.39 is 0 Å². The third-order valence-corrected chi connectivity index (χ3v) is 5.02. The van der Waals surface area contributed by atoms with Gasteiger partial charge in [-0.3, -0.25) is 4.90 Å². The maximum Gasteiger partial charge on any atom is 0.166 e. The van der Waals surface area contributed by atoms with Crippen molar-refractivity contribution in [1.29, 1.82) is 0 Å². The topological polar surface area (TPSA) is 21.7 Å². The fourth-order valence-electron chi connectivity index (χ4n) is 4.19. The minimum atomic E-state index is -0.0962. The van der Waals surface area contributed by atoms with Gasteiger partial charge in [-0.15, -0.1) is 0 Å². The maximum atomic E-state index is 6.42. The molecule has 0 saturated heterocycles. The number of hydrogen-bond donors (Lipinski definition) is 0. The standard InChI is InChI=1S/C17H21NO2/c1-17-8-4-5-12-10-18(2)9-11-6-7-13(19-3)16(20-17)14(11)15(12)17/h5-7,15H,4,8-10H2,1-3H3/t15-,17?/m1/s1. The summed E-state index contributed by atoms with van der Waals surface area (Å²) in [5.41, 5.74) is 4.19. The smallest absolute Gasteiger partial charge is 0.166 e. The van der Waals surface area contributed by atoms with Gasteiger partial charge >= 0.3 is 0 Å². The summed E-state index contributed by atoms with van der Waals surface area (Å²) in [6.07, 6.45) is 4.62. The summed E-state index contributed by atoms with van der Waals surface area (Å²) >= 11 is 0. The highest BCUT2D eigenvalue weighted by Gasteiger charge is 2.50. The van der Waals surface area contributed by atoms with Crippen LogP contribution >= 0.6 is 0 Å². The Morgan fingerprint density at radius 2 is 2.20 bits per heavy atom. The summed E-state index contributed by atoms with van der Waals surface area (Å²) < 4.78 is 12.0. The van der Waals surface area contributed by atoms with Crippen LogP contribution in [0.25, 0.3) is 0 Å². The summed E-state index contributed by atoms with van der Waals surface area (Å²) in [6, 6.07) is 4.26. The molecule has 1 aromatic rings. The van der Waals surface area contributed by atoms with Gasteiger partial charge in [-0.25, -0.2) is 0 Å². The molecule has 2 heterocycles. The molecule has 3 aliphatic rings. The lowest BCUT2D eigenvalue weighted by molar-refractivity contribution is 0.0798. The third kappa shape index (κ3) is 1.50. The lowest BCUT2D eigenvalue weighted by atomic mass is 9.73. The van der Waals surface area contributed by atoms with Crippen molar-refractivity contribution >= 4 is 0 Å². The van der Waals surface area contributed by atoms with Crippen molar-refractivity contribution in [3.05, 3.63) is 34.9 Å². The molecule has 3 nitrogen and oxygen atoms in total. The first kappa shape index (κ1) is 12.3. The highest BCUT2D eigenvalue weighted by atomic mass is 16.5. The van der Waals surface area contributed by atoms with Gasteiger partial charge in [0.1, 0.15) is 5.60 Å². The zero-order chi connectivity index (χ0) is 13.9. The zero-order valence-electron chi connectivity index (χ0n) is 12.4. The number of benzene rings is 1. The summed E-state index contributed by atoms with van der Waals surface area (Å²) in [4.78, 5) is 2.40. The van der Waals surface area contributed by atoms with Crippen LogP contribution in [-0.4, -0.2) is 31.2 Å². The van der Waals surface area contributed by atoms with Crippen LogP contribution in [0.4, 0.5) is 0 Å². The minimum absolute atomic E-state index is 0.0962. The molecule has 1 unspecified atom stereocenters. The number of rotatable bonds is 1. The Morgan fingerprint density at radius 1 is 1.35 bits per heavy atom. The highest BCUT2D eigenvalue weighted by Crippen LogP contribution is 2.57. The first-order valence-electron chi connectivity index (χ1n) is 7.38. The van der Waals surface area contributed by atoms with Crippen molar-refractivity contribution < 1.29 is 9.47 Å². The molecule has 0 N–H and O–H groups in total. The zero-order valence-corrected chi connectivity index (χ0v) is 12.4. The van der Waals surface area contributed by atoms with Gasteiger partial charge in [0.25, 0.3) is 0 Å². The molecule has 0 fully saturated rings. The van der Waals surface area contributed by atoms with E-state index in [4.69, 9.17) is 9.47 Å². The second-order valence-corrected chi connectivity index (χ2v) is 6.51.